The molecule has 0 amide bonds. The van der Waals surface area contributed by atoms with Crippen LogP contribution in [0.15, 0.2) is 160 Å². The third-order valence-corrected chi connectivity index (χ3v) is 8.43. The van der Waals surface area contributed by atoms with Crippen molar-refractivity contribution in [3.8, 4) is 11.1 Å². The molecule has 0 unspecified atom stereocenters. The summed E-state index contributed by atoms with van der Waals surface area (Å²) in [6.07, 6.45) is 0. The molecule has 9 rings (SSSR count). The van der Waals surface area contributed by atoms with Crippen molar-refractivity contribution in [3.63, 3.8) is 0 Å². The third kappa shape index (κ3) is 3.83. The van der Waals surface area contributed by atoms with Gasteiger partial charge in [0.05, 0.1) is 5.69 Å². The van der Waals surface area contributed by atoms with E-state index in [2.05, 4.69) is 132 Å². The van der Waals surface area contributed by atoms with E-state index in [9.17, 15) is 0 Å². The Balaban J connectivity index is 1.29. The van der Waals surface area contributed by atoms with Crippen LogP contribution in [0.25, 0.3) is 65.8 Å². The zero-order valence-corrected chi connectivity index (χ0v) is 23.2. The summed E-state index contributed by atoms with van der Waals surface area (Å²) in [5.74, 6) is 0. The Morgan fingerprint density at radius 3 is 1.91 bits per heavy atom. The van der Waals surface area contributed by atoms with Gasteiger partial charge in [-0.2, -0.15) is 0 Å². The first-order valence-electron chi connectivity index (χ1n) is 14.5. The van der Waals surface area contributed by atoms with E-state index in [0.717, 1.165) is 66.5 Å². The van der Waals surface area contributed by atoms with Crippen molar-refractivity contribution < 1.29 is 8.83 Å². The first kappa shape index (κ1) is 23.9. The minimum absolute atomic E-state index is 0.858. The second-order valence-corrected chi connectivity index (χ2v) is 11.0. The van der Waals surface area contributed by atoms with Crippen LogP contribution in [0, 0.1) is 0 Å². The first-order chi connectivity index (χ1) is 21.3. The molecule has 0 aliphatic heterocycles. The van der Waals surface area contributed by atoms with Gasteiger partial charge in [0.1, 0.15) is 16.7 Å². The molecule has 9 aromatic rings. The van der Waals surface area contributed by atoms with Crippen molar-refractivity contribution in [2.24, 2.45) is 0 Å². The van der Waals surface area contributed by atoms with Gasteiger partial charge in [0.25, 0.3) is 0 Å². The van der Waals surface area contributed by atoms with Crippen molar-refractivity contribution in [1.29, 1.82) is 0 Å². The molecule has 0 saturated carbocycles. The quantitative estimate of drug-likeness (QED) is 0.218. The van der Waals surface area contributed by atoms with E-state index in [-0.39, 0.29) is 0 Å². The van der Waals surface area contributed by atoms with E-state index in [0.29, 0.717) is 0 Å². The van der Waals surface area contributed by atoms with Crippen LogP contribution < -0.4 is 4.90 Å². The standard InChI is InChI=1S/C40H25NO2/c1-2-10-27-23-29(20-19-26(27)9-1)28-11-7-12-30(24-28)41(31-21-22-39-35(25-31)33-14-4-5-17-37(33)42-39)36-16-8-15-34-32-13-3-6-18-38(32)43-40(34)36/h1-25H. The summed E-state index contributed by atoms with van der Waals surface area (Å²) < 4.78 is 12.7. The van der Waals surface area contributed by atoms with Crippen LogP contribution in [0.3, 0.4) is 0 Å². The molecule has 0 radical (unpaired) electrons. The molecular formula is C40H25NO2. The smallest absolute Gasteiger partial charge is 0.159 e. The van der Waals surface area contributed by atoms with Gasteiger partial charge < -0.3 is 13.7 Å². The molecule has 7 aromatic carbocycles. The summed E-state index contributed by atoms with van der Waals surface area (Å²) in [5.41, 5.74) is 8.89. The summed E-state index contributed by atoms with van der Waals surface area (Å²) in [6, 6.07) is 53.2. The van der Waals surface area contributed by atoms with Crippen LogP contribution in [0.2, 0.25) is 0 Å². The Morgan fingerprint density at radius 1 is 0.372 bits per heavy atom. The zero-order chi connectivity index (χ0) is 28.3. The van der Waals surface area contributed by atoms with E-state index in [4.69, 9.17) is 8.83 Å². The lowest BCUT2D eigenvalue weighted by atomic mass is 10.0. The molecule has 43 heavy (non-hydrogen) atoms. The molecule has 0 aliphatic rings. The van der Waals surface area contributed by atoms with Crippen molar-refractivity contribution in [3.05, 3.63) is 152 Å². The maximum atomic E-state index is 6.55. The number of furan rings is 2. The molecule has 2 heterocycles. The Morgan fingerprint density at radius 2 is 1.02 bits per heavy atom. The molecule has 3 nitrogen and oxygen atoms in total. The Bertz CT molecular complexity index is 2480. The number of nitrogens with zero attached hydrogens (tertiary/aromatic N) is 1. The van der Waals surface area contributed by atoms with Crippen molar-refractivity contribution in [1.82, 2.24) is 0 Å². The third-order valence-electron chi connectivity index (χ3n) is 8.43. The van der Waals surface area contributed by atoms with Gasteiger partial charge in [0, 0.05) is 32.9 Å². The molecule has 0 bridgehead atoms. The average molecular weight is 552 g/mol. The lowest BCUT2D eigenvalue weighted by Gasteiger charge is -2.26. The molecule has 0 fully saturated rings. The topological polar surface area (TPSA) is 29.5 Å². The van der Waals surface area contributed by atoms with Gasteiger partial charge in [-0.1, -0.05) is 97.1 Å². The lowest BCUT2D eigenvalue weighted by molar-refractivity contribution is 0.669. The summed E-state index contributed by atoms with van der Waals surface area (Å²) >= 11 is 0. The van der Waals surface area contributed by atoms with E-state index < -0.39 is 0 Å². The van der Waals surface area contributed by atoms with Gasteiger partial charge in [0.2, 0.25) is 0 Å². The molecule has 2 aromatic heterocycles. The van der Waals surface area contributed by atoms with Crippen LogP contribution in [0.4, 0.5) is 17.1 Å². The van der Waals surface area contributed by atoms with Gasteiger partial charge in [0.15, 0.2) is 5.58 Å². The minimum atomic E-state index is 0.858. The van der Waals surface area contributed by atoms with Gasteiger partial charge in [-0.05, 0) is 76.5 Å². The molecule has 3 heteroatoms. The minimum Gasteiger partial charge on any atom is -0.456 e. The van der Waals surface area contributed by atoms with Crippen LogP contribution >= 0.6 is 0 Å². The van der Waals surface area contributed by atoms with Crippen LogP contribution in [-0.4, -0.2) is 0 Å². The Hall–Kier alpha value is -5.80. The van der Waals surface area contributed by atoms with Gasteiger partial charge in [-0.3, -0.25) is 0 Å². The molecule has 0 N–H and O–H groups in total. The summed E-state index contributed by atoms with van der Waals surface area (Å²) in [5, 5.41) is 6.86. The van der Waals surface area contributed by atoms with Crippen LogP contribution in [0.1, 0.15) is 0 Å². The second kappa shape index (κ2) is 9.37. The van der Waals surface area contributed by atoms with Crippen LogP contribution in [0.5, 0.6) is 0 Å². The Labute approximate surface area is 247 Å². The SMILES string of the molecule is c1cc(-c2ccc3ccccc3c2)cc(N(c2ccc3oc4ccccc4c3c2)c2cccc3c2oc2ccccc23)c1. The molecule has 202 valence electrons. The number of para-hydroxylation sites is 3. The normalized spacial score (nSPS) is 11.7. The van der Waals surface area contributed by atoms with E-state index in [1.807, 2.05) is 24.3 Å². The second-order valence-electron chi connectivity index (χ2n) is 11.0. The van der Waals surface area contributed by atoms with Gasteiger partial charge in [-0.25, -0.2) is 0 Å². The highest BCUT2D eigenvalue weighted by atomic mass is 16.3. The Kier molecular flexibility index (Phi) is 5.20. The fraction of sp³-hybridized carbons (Fsp3) is 0. The van der Waals surface area contributed by atoms with Crippen LogP contribution in [-0.2, 0) is 0 Å². The maximum Gasteiger partial charge on any atom is 0.159 e. The average Bonchev–Trinajstić information content (AvgIpc) is 3.64. The summed E-state index contributed by atoms with van der Waals surface area (Å²) in [7, 11) is 0. The predicted octanol–water partition coefficient (Wildman–Crippen LogP) is 11.8. The van der Waals surface area contributed by atoms with E-state index in [1.165, 1.54) is 16.3 Å². The number of hydrogen-bond acceptors (Lipinski definition) is 3. The number of rotatable bonds is 4. The van der Waals surface area contributed by atoms with Gasteiger partial charge in [-0.15, -0.1) is 0 Å². The lowest BCUT2D eigenvalue weighted by Crippen LogP contribution is -2.10. The monoisotopic (exact) mass is 551 g/mol. The van der Waals surface area contributed by atoms with Crippen molar-refractivity contribution in [2.75, 3.05) is 4.90 Å². The summed E-state index contributed by atoms with van der Waals surface area (Å²) in [4.78, 5) is 2.30. The highest BCUT2D eigenvalue weighted by Crippen LogP contribution is 2.44. The van der Waals surface area contributed by atoms with Gasteiger partial charge >= 0.3 is 0 Å². The molecular weight excluding hydrogens is 526 g/mol. The zero-order valence-electron chi connectivity index (χ0n) is 23.2. The largest absolute Gasteiger partial charge is 0.456 e. The highest BCUT2D eigenvalue weighted by Gasteiger charge is 2.21. The predicted molar refractivity (Wildman–Crippen MR) is 179 cm³/mol. The van der Waals surface area contributed by atoms with E-state index >= 15 is 0 Å². The fourth-order valence-corrected chi connectivity index (χ4v) is 6.38. The highest BCUT2D eigenvalue weighted by molar-refractivity contribution is 6.11. The molecule has 0 saturated heterocycles. The number of fused-ring (bicyclic) bond motifs is 7. The summed E-state index contributed by atoms with van der Waals surface area (Å²) in [6.45, 7) is 0. The number of hydrogen-bond donors (Lipinski definition) is 0. The van der Waals surface area contributed by atoms with Crippen molar-refractivity contribution in [2.45, 2.75) is 0 Å². The number of benzene rings is 7. The molecule has 0 spiro atoms. The van der Waals surface area contributed by atoms with E-state index in [1.54, 1.807) is 0 Å². The molecule has 0 atom stereocenters. The van der Waals surface area contributed by atoms with Crippen molar-refractivity contribution >= 4 is 71.7 Å². The fourth-order valence-electron chi connectivity index (χ4n) is 6.38. The number of anilines is 3. The first-order valence-corrected chi connectivity index (χ1v) is 14.5. The maximum absolute atomic E-state index is 6.55. The molecule has 0 aliphatic carbocycles.